The van der Waals surface area contributed by atoms with E-state index < -0.39 is 0 Å². The van der Waals surface area contributed by atoms with Gasteiger partial charge in [0.2, 0.25) is 0 Å². The molecule has 2 rings (SSSR count). The monoisotopic (exact) mass is 230 g/mol. The number of pyridine rings is 1. The molecule has 2 heterocycles. The third kappa shape index (κ3) is 2.91. The van der Waals surface area contributed by atoms with Crippen LogP contribution in [-0.2, 0) is 13.0 Å². The topological polar surface area (TPSA) is 56.7 Å². The lowest BCUT2D eigenvalue weighted by Gasteiger charge is -2.10. The van der Waals surface area contributed by atoms with Crippen molar-refractivity contribution in [3.8, 4) is 0 Å². The Kier molecular flexibility index (Phi) is 3.54. The highest BCUT2D eigenvalue weighted by molar-refractivity contribution is 5.22. The average Bonchev–Trinajstić information content (AvgIpc) is 2.77. The molecule has 0 amide bonds. The van der Waals surface area contributed by atoms with E-state index in [1.807, 2.05) is 36.4 Å². The van der Waals surface area contributed by atoms with E-state index in [2.05, 4.69) is 23.1 Å². The van der Waals surface area contributed by atoms with Crippen LogP contribution < -0.4 is 5.73 Å². The number of aryl methyl sites for hydroxylation is 2. The molecule has 0 spiro atoms. The summed E-state index contributed by atoms with van der Waals surface area (Å²) in [6, 6.07) is 2.07. The maximum atomic E-state index is 6.17. The van der Waals surface area contributed by atoms with Crippen molar-refractivity contribution < 1.29 is 0 Å². The maximum absolute atomic E-state index is 6.17. The Hall–Kier alpha value is -1.68. The second-order valence-corrected chi connectivity index (χ2v) is 4.31. The molecule has 4 nitrogen and oxygen atoms in total. The van der Waals surface area contributed by atoms with E-state index in [0.29, 0.717) is 0 Å². The molecule has 2 aromatic rings. The van der Waals surface area contributed by atoms with Gasteiger partial charge in [-0.15, -0.1) is 0 Å². The molecule has 1 atom stereocenters. The number of hydrogen-bond acceptors (Lipinski definition) is 3. The predicted molar refractivity (Wildman–Crippen MR) is 67.5 cm³/mol. The van der Waals surface area contributed by atoms with Crippen molar-refractivity contribution >= 4 is 0 Å². The van der Waals surface area contributed by atoms with Crippen LogP contribution in [0.15, 0.2) is 30.9 Å². The van der Waals surface area contributed by atoms with Crippen molar-refractivity contribution in [2.24, 2.45) is 5.73 Å². The zero-order valence-corrected chi connectivity index (χ0v) is 10.3. The van der Waals surface area contributed by atoms with Gasteiger partial charge in [0.05, 0.1) is 6.20 Å². The summed E-state index contributed by atoms with van der Waals surface area (Å²) in [4.78, 5) is 4.17. The SMILES string of the molecule is CCn1cc(CC(N)c2cncc(C)c2)cn1. The van der Waals surface area contributed by atoms with Crippen molar-refractivity contribution in [2.75, 3.05) is 0 Å². The number of nitrogens with zero attached hydrogens (tertiary/aromatic N) is 3. The lowest BCUT2D eigenvalue weighted by molar-refractivity contribution is 0.657. The maximum Gasteiger partial charge on any atom is 0.0522 e. The van der Waals surface area contributed by atoms with Gasteiger partial charge >= 0.3 is 0 Å². The fourth-order valence-electron chi connectivity index (χ4n) is 1.84. The second-order valence-electron chi connectivity index (χ2n) is 4.31. The Bertz CT molecular complexity index is 490. The van der Waals surface area contributed by atoms with Gasteiger partial charge in [-0.25, -0.2) is 0 Å². The Morgan fingerprint density at radius 2 is 2.18 bits per heavy atom. The van der Waals surface area contributed by atoms with Crippen molar-refractivity contribution in [2.45, 2.75) is 32.9 Å². The van der Waals surface area contributed by atoms with Crippen LogP contribution in [0.1, 0.15) is 29.7 Å². The van der Waals surface area contributed by atoms with Gasteiger partial charge in [0.15, 0.2) is 0 Å². The first-order chi connectivity index (χ1) is 8.19. The van der Waals surface area contributed by atoms with Crippen LogP contribution in [0.5, 0.6) is 0 Å². The van der Waals surface area contributed by atoms with Crippen LogP contribution in [0, 0.1) is 6.92 Å². The molecular weight excluding hydrogens is 212 g/mol. The van der Waals surface area contributed by atoms with E-state index in [0.717, 1.165) is 24.1 Å². The van der Waals surface area contributed by atoms with E-state index in [9.17, 15) is 0 Å². The minimum atomic E-state index is -0.0168. The molecule has 1 unspecified atom stereocenters. The molecule has 17 heavy (non-hydrogen) atoms. The molecule has 0 fully saturated rings. The highest BCUT2D eigenvalue weighted by Gasteiger charge is 2.09. The van der Waals surface area contributed by atoms with E-state index >= 15 is 0 Å². The highest BCUT2D eigenvalue weighted by atomic mass is 15.3. The van der Waals surface area contributed by atoms with Gasteiger partial charge in [-0.05, 0) is 37.0 Å². The van der Waals surface area contributed by atoms with E-state index in [-0.39, 0.29) is 6.04 Å². The van der Waals surface area contributed by atoms with Crippen LogP contribution >= 0.6 is 0 Å². The smallest absolute Gasteiger partial charge is 0.0522 e. The first-order valence-electron chi connectivity index (χ1n) is 5.87. The summed E-state index contributed by atoms with van der Waals surface area (Å²) in [5.74, 6) is 0. The van der Waals surface area contributed by atoms with E-state index in [1.165, 1.54) is 5.56 Å². The van der Waals surface area contributed by atoms with Crippen molar-refractivity contribution in [1.82, 2.24) is 14.8 Å². The van der Waals surface area contributed by atoms with E-state index in [1.54, 1.807) is 0 Å². The lowest BCUT2D eigenvalue weighted by Crippen LogP contribution is -2.13. The Morgan fingerprint density at radius 3 is 2.82 bits per heavy atom. The van der Waals surface area contributed by atoms with Gasteiger partial charge in [-0.2, -0.15) is 5.10 Å². The molecule has 0 radical (unpaired) electrons. The first-order valence-corrected chi connectivity index (χ1v) is 5.87. The van der Waals surface area contributed by atoms with Crippen molar-refractivity contribution in [3.63, 3.8) is 0 Å². The summed E-state index contributed by atoms with van der Waals surface area (Å²) < 4.78 is 1.91. The van der Waals surface area contributed by atoms with Gasteiger partial charge in [0, 0.05) is 31.2 Å². The predicted octanol–water partition coefficient (Wildman–Crippen LogP) is 1.85. The summed E-state index contributed by atoms with van der Waals surface area (Å²) >= 11 is 0. The van der Waals surface area contributed by atoms with Crippen LogP contribution in [0.25, 0.3) is 0 Å². The molecule has 0 aliphatic heterocycles. The Labute approximate surface area is 101 Å². The molecule has 0 aliphatic carbocycles. The van der Waals surface area contributed by atoms with Gasteiger partial charge in [-0.1, -0.05) is 6.07 Å². The van der Waals surface area contributed by atoms with Crippen molar-refractivity contribution in [3.05, 3.63) is 47.5 Å². The quantitative estimate of drug-likeness (QED) is 0.872. The summed E-state index contributed by atoms with van der Waals surface area (Å²) in [7, 11) is 0. The molecule has 0 bridgehead atoms. The minimum Gasteiger partial charge on any atom is -0.324 e. The normalized spacial score (nSPS) is 12.6. The number of nitrogens with two attached hydrogens (primary N) is 1. The standard InChI is InChI=1S/C13H18N4/c1-3-17-9-11(7-16-17)5-13(14)12-4-10(2)6-15-8-12/h4,6-9,13H,3,5,14H2,1-2H3. The molecule has 0 aliphatic rings. The Morgan fingerprint density at radius 1 is 1.35 bits per heavy atom. The summed E-state index contributed by atoms with van der Waals surface area (Å²) in [5, 5.41) is 4.24. The first kappa shape index (κ1) is 11.8. The molecule has 90 valence electrons. The largest absolute Gasteiger partial charge is 0.324 e. The van der Waals surface area contributed by atoms with Crippen molar-refractivity contribution in [1.29, 1.82) is 0 Å². The van der Waals surface area contributed by atoms with Crippen LogP contribution in [0.3, 0.4) is 0 Å². The molecule has 0 aromatic carbocycles. The summed E-state index contributed by atoms with van der Waals surface area (Å²) in [5.41, 5.74) is 9.56. The zero-order chi connectivity index (χ0) is 12.3. The summed E-state index contributed by atoms with van der Waals surface area (Å²) in [6.45, 7) is 4.99. The van der Waals surface area contributed by atoms with Gasteiger partial charge in [0.25, 0.3) is 0 Å². The third-order valence-electron chi connectivity index (χ3n) is 2.79. The second kappa shape index (κ2) is 5.10. The van der Waals surface area contributed by atoms with Gasteiger partial charge < -0.3 is 5.73 Å². The third-order valence-corrected chi connectivity index (χ3v) is 2.79. The van der Waals surface area contributed by atoms with Gasteiger partial charge in [0.1, 0.15) is 0 Å². The van der Waals surface area contributed by atoms with Crippen LogP contribution in [0.2, 0.25) is 0 Å². The average molecular weight is 230 g/mol. The molecule has 4 heteroatoms. The highest BCUT2D eigenvalue weighted by Crippen LogP contribution is 2.15. The lowest BCUT2D eigenvalue weighted by atomic mass is 10.0. The number of rotatable bonds is 4. The molecular formula is C13H18N4. The molecule has 0 saturated heterocycles. The number of aromatic nitrogens is 3. The fraction of sp³-hybridized carbons (Fsp3) is 0.385. The zero-order valence-electron chi connectivity index (χ0n) is 10.3. The summed E-state index contributed by atoms with van der Waals surface area (Å²) in [6.07, 6.45) is 8.40. The van der Waals surface area contributed by atoms with Crippen LogP contribution in [0.4, 0.5) is 0 Å². The Balaban J connectivity index is 2.08. The van der Waals surface area contributed by atoms with Gasteiger partial charge in [-0.3, -0.25) is 9.67 Å². The number of hydrogen-bond donors (Lipinski definition) is 1. The minimum absolute atomic E-state index is 0.0168. The molecule has 2 N–H and O–H groups in total. The fourth-order valence-corrected chi connectivity index (χ4v) is 1.84. The molecule has 0 saturated carbocycles. The van der Waals surface area contributed by atoms with Crippen LogP contribution in [-0.4, -0.2) is 14.8 Å². The molecule has 2 aromatic heterocycles. The van der Waals surface area contributed by atoms with E-state index in [4.69, 9.17) is 5.73 Å².